The largest absolute Gasteiger partial charge is 0.469 e. The van der Waals surface area contributed by atoms with Crippen molar-refractivity contribution in [1.29, 1.82) is 0 Å². The highest BCUT2D eigenvalue weighted by molar-refractivity contribution is 5.68. The van der Waals surface area contributed by atoms with Gasteiger partial charge < -0.3 is 79.1 Å². The first-order valence-electron chi connectivity index (χ1n) is 15.4. The zero-order chi connectivity index (χ0) is 33.1. The second-order valence-corrected chi connectivity index (χ2v) is 11.5. The molecule has 0 amide bonds. The molecule has 0 saturated carbocycles. The Hall–Kier alpha value is -1.13. The number of hydrogen-bond donors (Lipinski definition) is 9. The minimum Gasteiger partial charge on any atom is -0.469 e. The van der Waals surface area contributed by atoms with Gasteiger partial charge in [-0.3, -0.25) is 4.79 Å². The van der Waals surface area contributed by atoms with Crippen molar-refractivity contribution in [3.63, 3.8) is 0 Å². The molecule has 0 bridgehead atoms. The average Bonchev–Trinajstić information content (AvgIpc) is 3.03. The standard InChI is InChI=1S/C28H50O17/c1-39-18(33)8-6-4-2-3-5-7-9-40-27-24(38)25(22(36)17(13-31)42-27)45-28-26(23(37)21(35)16(12-30)43-28)44-19-10-14(32)20(34)15(11-29)41-19/h14-17,19-32,34-38H,2-13H2,1H3/t14-,15-,16-,17-,19+,20+,21-,22-,23+,24-,25+,26-,27+,28+/m1/s1. The van der Waals surface area contributed by atoms with Gasteiger partial charge >= 0.3 is 5.97 Å². The van der Waals surface area contributed by atoms with Crippen LogP contribution in [0.1, 0.15) is 51.4 Å². The summed E-state index contributed by atoms with van der Waals surface area (Å²) in [4.78, 5) is 11.2. The molecule has 3 aliphatic rings. The first-order valence-corrected chi connectivity index (χ1v) is 15.4. The second-order valence-electron chi connectivity index (χ2n) is 11.5. The van der Waals surface area contributed by atoms with E-state index in [1.807, 2.05) is 0 Å². The summed E-state index contributed by atoms with van der Waals surface area (Å²) in [7, 11) is 1.35. The lowest BCUT2D eigenvalue weighted by molar-refractivity contribution is -0.380. The average molecular weight is 659 g/mol. The Kier molecular flexibility index (Phi) is 16.2. The molecule has 3 rings (SSSR count). The summed E-state index contributed by atoms with van der Waals surface area (Å²) in [6.45, 7) is -1.88. The number of methoxy groups -OCH3 is 1. The van der Waals surface area contributed by atoms with Crippen molar-refractivity contribution in [3.8, 4) is 0 Å². The maximum Gasteiger partial charge on any atom is 0.305 e. The molecule has 17 heteroatoms. The molecule has 0 aromatic heterocycles. The maximum atomic E-state index is 11.2. The minimum atomic E-state index is -1.75. The Morgan fingerprint density at radius 3 is 1.87 bits per heavy atom. The molecule has 3 heterocycles. The van der Waals surface area contributed by atoms with Crippen LogP contribution in [-0.4, -0.2) is 171 Å². The third kappa shape index (κ3) is 10.4. The molecule has 0 radical (unpaired) electrons. The van der Waals surface area contributed by atoms with Crippen LogP contribution in [0.15, 0.2) is 0 Å². The molecule has 3 fully saturated rings. The second kappa shape index (κ2) is 19.0. The van der Waals surface area contributed by atoms with Crippen LogP contribution >= 0.6 is 0 Å². The summed E-state index contributed by atoms with van der Waals surface area (Å²) in [6.07, 6.45) is -15.7. The molecule has 9 N–H and O–H groups in total. The lowest BCUT2D eigenvalue weighted by atomic mass is 9.96. The van der Waals surface area contributed by atoms with E-state index >= 15 is 0 Å². The Morgan fingerprint density at radius 1 is 0.644 bits per heavy atom. The number of unbranched alkanes of at least 4 members (excludes halogenated alkanes) is 5. The van der Waals surface area contributed by atoms with Gasteiger partial charge in [-0.05, 0) is 12.8 Å². The van der Waals surface area contributed by atoms with Crippen molar-refractivity contribution in [2.24, 2.45) is 0 Å². The SMILES string of the molecule is COC(=O)CCCCCCCCO[C@H]1O[C@H](CO)[C@@H](O)[C@H](O[C@@H]2O[C@H](CO)[C@@H](O)[C@H](O)[C@H]2O[C@H]2C[C@@H](O)[C@H](O)[C@@H](CO)O2)[C@H]1O. The number of aliphatic hydroxyl groups excluding tert-OH is 9. The van der Waals surface area contributed by atoms with Crippen LogP contribution in [-0.2, 0) is 38.0 Å². The summed E-state index contributed by atoms with van der Waals surface area (Å²) in [5, 5.41) is 92.5. The van der Waals surface area contributed by atoms with E-state index in [4.69, 9.17) is 28.4 Å². The van der Waals surface area contributed by atoms with Gasteiger partial charge in [0.05, 0.1) is 33.0 Å². The molecule has 0 unspecified atom stereocenters. The molecule has 17 nitrogen and oxygen atoms in total. The number of esters is 1. The van der Waals surface area contributed by atoms with E-state index in [1.54, 1.807) is 0 Å². The van der Waals surface area contributed by atoms with Crippen molar-refractivity contribution >= 4 is 5.97 Å². The quantitative estimate of drug-likeness (QED) is 0.0539. The number of aliphatic hydroxyl groups is 9. The summed E-state index contributed by atoms with van der Waals surface area (Å²) in [6, 6.07) is 0. The molecule has 45 heavy (non-hydrogen) atoms. The van der Waals surface area contributed by atoms with Crippen LogP contribution in [0.5, 0.6) is 0 Å². The predicted molar refractivity (Wildman–Crippen MR) is 148 cm³/mol. The van der Waals surface area contributed by atoms with Crippen LogP contribution in [0, 0.1) is 0 Å². The predicted octanol–water partition coefficient (Wildman–Crippen LogP) is -3.62. The number of carbonyl (C=O) groups is 1. The van der Waals surface area contributed by atoms with Gasteiger partial charge in [0.15, 0.2) is 18.9 Å². The van der Waals surface area contributed by atoms with Crippen LogP contribution < -0.4 is 0 Å². The number of ether oxygens (including phenoxy) is 7. The van der Waals surface area contributed by atoms with E-state index in [9.17, 15) is 50.8 Å². The molecule has 0 spiro atoms. The first kappa shape index (κ1) is 38.3. The maximum absolute atomic E-state index is 11.2. The van der Waals surface area contributed by atoms with Gasteiger partial charge in [-0.25, -0.2) is 0 Å². The zero-order valence-electron chi connectivity index (χ0n) is 25.4. The monoisotopic (exact) mass is 658 g/mol. The van der Waals surface area contributed by atoms with Crippen molar-refractivity contribution in [1.82, 2.24) is 0 Å². The van der Waals surface area contributed by atoms with Crippen molar-refractivity contribution in [3.05, 3.63) is 0 Å². The highest BCUT2D eigenvalue weighted by Crippen LogP contribution is 2.33. The van der Waals surface area contributed by atoms with Gasteiger partial charge in [0.2, 0.25) is 0 Å². The Balaban J connectivity index is 1.61. The Labute approximate surface area is 261 Å². The van der Waals surface area contributed by atoms with E-state index in [1.165, 1.54) is 7.11 Å². The third-order valence-corrected chi connectivity index (χ3v) is 8.25. The van der Waals surface area contributed by atoms with Gasteiger partial charge in [0.1, 0.15) is 61.0 Å². The van der Waals surface area contributed by atoms with Crippen LogP contribution in [0.2, 0.25) is 0 Å². The fourth-order valence-electron chi connectivity index (χ4n) is 5.53. The smallest absolute Gasteiger partial charge is 0.305 e. The third-order valence-electron chi connectivity index (χ3n) is 8.25. The zero-order valence-corrected chi connectivity index (χ0v) is 25.4. The fourth-order valence-corrected chi connectivity index (χ4v) is 5.53. The van der Waals surface area contributed by atoms with E-state index < -0.39 is 106 Å². The lowest BCUT2D eigenvalue weighted by Crippen LogP contribution is -2.66. The van der Waals surface area contributed by atoms with Crippen LogP contribution in [0.25, 0.3) is 0 Å². The number of hydrogen-bond acceptors (Lipinski definition) is 17. The van der Waals surface area contributed by atoms with Crippen LogP contribution in [0.4, 0.5) is 0 Å². The van der Waals surface area contributed by atoms with Crippen molar-refractivity contribution < 1.29 is 83.9 Å². The molecule has 0 aromatic rings. The molecule has 0 aliphatic carbocycles. The normalized spacial score (nSPS) is 40.8. The number of rotatable bonds is 17. The Morgan fingerprint density at radius 2 is 1.22 bits per heavy atom. The van der Waals surface area contributed by atoms with Crippen molar-refractivity contribution in [2.75, 3.05) is 33.5 Å². The van der Waals surface area contributed by atoms with Gasteiger partial charge in [0, 0.05) is 19.4 Å². The summed E-state index contributed by atoms with van der Waals surface area (Å²) in [5.74, 6) is -0.238. The summed E-state index contributed by atoms with van der Waals surface area (Å²) < 4.78 is 38.6. The molecule has 0 aromatic carbocycles. The molecule has 3 saturated heterocycles. The molecule has 3 aliphatic heterocycles. The lowest BCUT2D eigenvalue weighted by Gasteiger charge is -2.48. The molecule has 14 atom stereocenters. The number of carbonyl (C=O) groups excluding carboxylic acids is 1. The van der Waals surface area contributed by atoms with Gasteiger partial charge in [-0.1, -0.05) is 25.7 Å². The van der Waals surface area contributed by atoms with E-state index in [-0.39, 0.29) is 19.0 Å². The summed E-state index contributed by atoms with van der Waals surface area (Å²) in [5.41, 5.74) is 0. The molecule has 264 valence electrons. The van der Waals surface area contributed by atoms with Crippen LogP contribution in [0.3, 0.4) is 0 Å². The van der Waals surface area contributed by atoms with Gasteiger partial charge in [-0.2, -0.15) is 0 Å². The first-order chi connectivity index (χ1) is 21.6. The van der Waals surface area contributed by atoms with Crippen molar-refractivity contribution in [2.45, 2.75) is 137 Å². The highest BCUT2D eigenvalue weighted by atomic mass is 16.8. The molecular formula is C28H50O17. The summed E-state index contributed by atoms with van der Waals surface area (Å²) >= 11 is 0. The van der Waals surface area contributed by atoms with E-state index in [0.717, 1.165) is 32.1 Å². The topological polar surface area (TPSA) is 264 Å². The van der Waals surface area contributed by atoms with Gasteiger partial charge in [-0.15, -0.1) is 0 Å². The Bertz CT molecular complexity index is 852. The van der Waals surface area contributed by atoms with Gasteiger partial charge in [0.25, 0.3) is 0 Å². The van der Waals surface area contributed by atoms with E-state index in [0.29, 0.717) is 12.8 Å². The highest BCUT2D eigenvalue weighted by Gasteiger charge is 2.52. The minimum absolute atomic E-state index is 0.174. The molecular weight excluding hydrogens is 608 g/mol. The fraction of sp³-hybridized carbons (Fsp3) is 0.964. The van der Waals surface area contributed by atoms with E-state index in [2.05, 4.69) is 4.74 Å².